The van der Waals surface area contributed by atoms with Gasteiger partial charge in [-0.3, -0.25) is 0 Å². The molecule has 0 bridgehead atoms. The van der Waals surface area contributed by atoms with E-state index in [0.29, 0.717) is 0 Å². The number of hydrogen-bond acceptors (Lipinski definition) is 4. The smallest absolute Gasteiger partial charge is 0.442 e. The molecule has 0 aromatic heterocycles. The molecule has 2 unspecified atom stereocenters. The molecule has 1 aliphatic heterocycles. The molecule has 1 aromatic rings. The molecule has 0 saturated carbocycles. The maximum atomic E-state index is 13.4. The van der Waals surface area contributed by atoms with E-state index in [9.17, 15) is 26.7 Å². The monoisotopic (exact) mass is 298 g/mol. The van der Waals surface area contributed by atoms with E-state index in [2.05, 4.69) is 14.2 Å². The standard InChI is InChI=1S/C11H7F5O4/c1-3-11(2,20-10(17)18-3)19-9-7(15)5(13)4(12)6(14)8(9)16/h3H,1-2H3. The van der Waals surface area contributed by atoms with Gasteiger partial charge in [-0.2, -0.15) is 8.78 Å². The fourth-order valence-corrected chi connectivity index (χ4v) is 1.50. The van der Waals surface area contributed by atoms with Crippen molar-refractivity contribution in [2.24, 2.45) is 0 Å². The highest BCUT2D eigenvalue weighted by molar-refractivity contribution is 5.63. The Labute approximate surface area is 109 Å². The zero-order chi connectivity index (χ0) is 15.2. The van der Waals surface area contributed by atoms with E-state index in [1.807, 2.05) is 0 Å². The lowest BCUT2D eigenvalue weighted by molar-refractivity contribution is -0.123. The molecule has 20 heavy (non-hydrogen) atoms. The second-order valence-corrected chi connectivity index (χ2v) is 4.13. The van der Waals surface area contributed by atoms with Gasteiger partial charge in [0.05, 0.1) is 0 Å². The van der Waals surface area contributed by atoms with Gasteiger partial charge in [0, 0.05) is 6.92 Å². The van der Waals surface area contributed by atoms with Crippen molar-refractivity contribution in [3.8, 4) is 5.75 Å². The molecular formula is C11H7F5O4. The lowest BCUT2D eigenvalue weighted by Crippen LogP contribution is -2.41. The van der Waals surface area contributed by atoms with Gasteiger partial charge in [0.1, 0.15) is 0 Å². The summed E-state index contributed by atoms with van der Waals surface area (Å²) in [7, 11) is 0. The number of rotatable bonds is 2. The second-order valence-electron chi connectivity index (χ2n) is 4.13. The summed E-state index contributed by atoms with van der Waals surface area (Å²) in [5.41, 5.74) is 0. The van der Waals surface area contributed by atoms with E-state index in [4.69, 9.17) is 0 Å². The lowest BCUT2D eigenvalue weighted by Gasteiger charge is -2.25. The molecule has 110 valence electrons. The van der Waals surface area contributed by atoms with Crippen LogP contribution in [0.1, 0.15) is 13.8 Å². The molecule has 1 heterocycles. The summed E-state index contributed by atoms with van der Waals surface area (Å²) < 4.78 is 79.4. The van der Waals surface area contributed by atoms with E-state index in [0.717, 1.165) is 6.92 Å². The van der Waals surface area contributed by atoms with E-state index < -0.39 is 52.9 Å². The van der Waals surface area contributed by atoms with Gasteiger partial charge in [-0.15, -0.1) is 0 Å². The molecular weight excluding hydrogens is 291 g/mol. The van der Waals surface area contributed by atoms with Crippen molar-refractivity contribution >= 4 is 6.16 Å². The van der Waals surface area contributed by atoms with Gasteiger partial charge < -0.3 is 14.2 Å². The quantitative estimate of drug-likeness (QED) is 0.364. The summed E-state index contributed by atoms with van der Waals surface area (Å²) in [5, 5.41) is 0. The third-order valence-corrected chi connectivity index (χ3v) is 2.77. The zero-order valence-electron chi connectivity index (χ0n) is 10.1. The van der Waals surface area contributed by atoms with Crippen LogP contribution >= 0.6 is 0 Å². The summed E-state index contributed by atoms with van der Waals surface area (Å²) in [6, 6.07) is 0. The minimum Gasteiger partial charge on any atom is -0.442 e. The van der Waals surface area contributed by atoms with E-state index in [-0.39, 0.29) is 0 Å². The van der Waals surface area contributed by atoms with Crippen molar-refractivity contribution in [2.45, 2.75) is 25.7 Å². The summed E-state index contributed by atoms with van der Waals surface area (Å²) in [4.78, 5) is 10.9. The third-order valence-electron chi connectivity index (χ3n) is 2.77. The molecule has 9 heteroatoms. The topological polar surface area (TPSA) is 44.8 Å². The van der Waals surface area contributed by atoms with Crippen LogP contribution in [-0.4, -0.2) is 18.0 Å². The Morgan fingerprint density at radius 3 is 1.85 bits per heavy atom. The Balaban J connectivity index is 2.47. The molecule has 1 aromatic carbocycles. The minimum atomic E-state index is -2.31. The molecule has 4 nitrogen and oxygen atoms in total. The SMILES string of the molecule is CC1OC(=O)OC1(C)Oc1c(F)c(F)c(F)c(F)c1F. The van der Waals surface area contributed by atoms with Crippen LogP contribution in [0.2, 0.25) is 0 Å². The van der Waals surface area contributed by atoms with Gasteiger partial charge >= 0.3 is 6.16 Å². The third kappa shape index (κ3) is 2.02. The van der Waals surface area contributed by atoms with Crippen LogP contribution in [0, 0.1) is 29.1 Å². The largest absolute Gasteiger partial charge is 0.512 e. The van der Waals surface area contributed by atoms with Crippen molar-refractivity contribution in [3.63, 3.8) is 0 Å². The van der Waals surface area contributed by atoms with Crippen molar-refractivity contribution in [1.82, 2.24) is 0 Å². The van der Waals surface area contributed by atoms with Crippen molar-refractivity contribution in [1.29, 1.82) is 0 Å². The van der Waals surface area contributed by atoms with Crippen molar-refractivity contribution in [2.75, 3.05) is 0 Å². The Morgan fingerprint density at radius 2 is 1.45 bits per heavy atom. The molecule has 2 atom stereocenters. The number of carbonyl (C=O) groups excluding carboxylic acids is 1. The van der Waals surface area contributed by atoms with Crippen LogP contribution in [-0.2, 0) is 9.47 Å². The van der Waals surface area contributed by atoms with Gasteiger partial charge in [-0.1, -0.05) is 0 Å². The average Bonchev–Trinajstić information content (AvgIpc) is 2.63. The number of cyclic esters (lactones) is 2. The fraction of sp³-hybridized carbons (Fsp3) is 0.364. The van der Waals surface area contributed by atoms with Crippen LogP contribution in [0.15, 0.2) is 0 Å². The van der Waals surface area contributed by atoms with Gasteiger partial charge in [-0.25, -0.2) is 18.0 Å². The predicted molar refractivity (Wildman–Crippen MR) is 52.3 cm³/mol. The summed E-state index contributed by atoms with van der Waals surface area (Å²) in [6.45, 7) is 2.32. The average molecular weight is 298 g/mol. The Kier molecular flexibility index (Phi) is 3.23. The molecule has 1 aliphatic rings. The number of carbonyl (C=O) groups is 1. The van der Waals surface area contributed by atoms with Crippen molar-refractivity contribution in [3.05, 3.63) is 29.1 Å². The first-order valence-electron chi connectivity index (χ1n) is 5.27. The van der Waals surface area contributed by atoms with Crippen LogP contribution in [0.25, 0.3) is 0 Å². The second kappa shape index (κ2) is 4.50. The van der Waals surface area contributed by atoms with Gasteiger partial charge in [0.2, 0.25) is 34.8 Å². The first-order chi connectivity index (χ1) is 9.17. The van der Waals surface area contributed by atoms with Crippen molar-refractivity contribution < 1.29 is 41.0 Å². The number of benzene rings is 1. The number of hydrogen-bond donors (Lipinski definition) is 0. The molecule has 0 aliphatic carbocycles. The minimum absolute atomic E-state index is 1.06. The molecule has 1 saturated heterocycles. The first-order valence-corrected chi connectivity index (χ1v) is 5.27. The summed E-state index contributed by atoms with van der Waals surface area (Å²) >= 11 is 0. The Bertz CT molecular complexity index is 562. The summed E-state index contributed by atoms with van der Waals surface area (Å²) in [6.07, 6.45) is -2.31. The zero-order valence-corrected chi connectivity index (χ0v) is 10.1. The van der Waals surface area contributed by atoms with Crippen LogP contribution < -0.4 is 4.74 Å². The fourth-order valence-electron chi connectivity index (χ4n) is 1.50. The Hall–Kier alpha value is -2.06. The van der Waals surface area contributed by atoms with E-state index in [1.165, 1.54) is 6.92 Å². The van der Waals surface area contributed by atoms with Crippen LogP contribution in [0.3, 0.4) is 0 Å². The normalized spacial score (nSPS) is 25.4. The number of ether oxygens (including phenoxy) is 3. The highest BCUT2D eigenvalue weighted by atomic mass is 19.2. The number of halogens is 5. The van der Waals surface area contributed by atoms with Gasteiger partial charge in [0.25, 0.3) is 5.79 Å². The molecule has 2 rings (SSSR count). The summed E-state index contributed by atoms with van der Waals surface area (Å²) in [5.74, 6) is -14.6. The molecule has 0 amide bonds. The maximum Gasteiger partial charge on any atom is 0.512 e. The van der Waals surface area contributed by atoms with E-state index >= 15 is 0 Å². The molecule has 0 spiro atoms. The lowest BCUT2D eigenvalue weighted by atomic mass is 10.2. The first kappa shape index (κ1) is 14.4. The molecule has 0 radical (unpaired) electrons. The predicted octanol–water partition coefficient (Wildman–Crippen LogP) is 3.03. The van der Waals surface area contributed by atoms with Crippen LogP contribution in [0.5, 0.6) is 5.75 Å². The van der Waals surface area contributed by atoms with E-state index in [1.54, 1.807) is 0 Å². The van der Waals surface area contributed by atoms with Gasteiger partial charge in [-0.05, 0) is 6.92 Å². The highest BCUT2D eigenvalue weighted by Crippen LogP contribution is 2.35. The molecule has 1 fully saturated rings. The van der Waals surface area contributed by atoms with Crippen LogP contribution in [0.4, 0.5) is 26.7 Å². The maximum absolute atomic E-state index is 13.4. The molecule has 0 N–H and O–H groups in total. The highest BCUT2D eigenvalue weighted by Gasteiger charge is 2.49. The van der Waals surface area contributed by atoms with Gasteiger partial charge in [0.15, 0.2) is 6.10 Å². The Morgan fingerprint density at radius 1 is 1.00 bits per heavy atom.